The fraction of sp³-hybridized carbons (Fsp3) is 0.934. The number of ether oxygens (including phenoxy) is 1. The maximum Gasteiger partial charge on any atom is 0.305 e. The van der Waals surface area contributed by atoms with Crippen molar-refractivity contribution < 1.29 is 24.5 Å². The summed E-state index contributed by atoms with van der Waals surface area (Å²) in [7, 11) is 0. The highest BCUT2D eigenvalue weighted by molar-refractivity contribution is 5.76. The number of allylic oxidation sites excluding steroid dienone is 1. The van der Waals surface area contributed by atoms with E-state index >= 15 is 0 Å². The lowest BCUT2D eigenvalue weighted by Gasteiger charge is -2.20. The molecule has 0 spiro atoms. The zero-order valence-corrected chi connectivity index (χ0v) is 45.4. The van der Waals surface area contributed by atoms with E-state index in [9.17, 15) is 19.8 Å². The van der Waals surface area contributed by atoms with Gasteiger partial charge in [0.15, 0.2) is 0 Å². The van der Waals surface area contributed by atoms with E-state index in [-0.39, 0.29) is 18.5 Å². The first-order chi connectivity index (χ1) is 33.0. The van der Waals surface area contributed by atoms with Crippen LogP contribution in [0.25, 0.3) is 0 Å². The molecular formula is C61H119NO5. The number of hydrogen-bond donors (Lipinski definition) is 3. The topological polar surface area (TPSA) is 95.9 Å². The molecule has 0 aliphatic heterocycles. The number of hydrogen-bond acceptors (Lipinski definition) is 5. The zero-order valence-electron chi connectivity index (χ0n) is 45.4. The monoisotopic (exact) mass is 946 g/mol. The summed E-state index contributed by atoms with van der Waals surface area (Å²) in [5.41, 5.74) is 0. The van der Waals surface area contributed by atoms with E-state index in [0.29, 0.717) is 19.4 Å². The molecule has 0 bridgehead atoms. The minimum atomic E-state index is -0.843. The van der Waals surface area contributed by atoms with Crippen LogP contribution in [0, 0.1) is 0 Å². The van der Waals surface area contributed by atoms with Gasteiger partial charge in [-0.15, -0.1) is 0 Å². The van der Waals surface area contributed by atoms with Crippen LogP contribution in [0.2, 0.25) is 0 Å². The molecule has 67 heavy (non-hydrogen) atoms. The summed E-state index contributed by atoms with van der Waals surface area (Å²) in [6.07, 6.45) is 68.2. The molecule has 0 rings (SSSR count). The van der Waals surface area contributed by atoms with Crippen molar-refractivity contribution in [1.29, 1.82) is 0 Å². The molecule has 0 radical (unpaired) electrons. The minimum absolute atomic E-state index is 0.0148. The molecule has 1 amide bonds. The van der Waals surface area contributed by atoms with Crippen molar-refractivity contribution in [3.63, 3.8) is 0 Å². The zero-order chi connectivity index (χ0) is 48.6. The molecule has 398 valence electrons. The van der Waals surface area contributed by atoms with Crippen molar-refractivity contribution in [2.24, 2.45) is 0 Å². The number of carbonyl (C=O) groups excluding carboxylic acids is 2. The summed E-state index contributed by atoms with van der Waals surface area (Å²) < 4.78 is 5.49. The summed E-state index contributed by atoms with van der Waals surface area (Å²) in [5, 5.41) is 23.1. The summed E-state index contributed by atoms with van der Waals surface area (Å²) in [5.74, 6) is -0.0523. The summed E-state index contributed by atoms with van der Waals surface area (Å²) in [6, 6.07) is -0.627. The van der Waals surface area contributed by atoms with Crippen molar-refractivity contribution in [3.8, 4) is 0 Å². The molecule has 0 saturated heterocycles. The maximum atomic E-state index is 12.5. The second-order valence-corrected chi connectivity index (χ2v) is 21.0. The standard InChI is InChI=1S/C61H119NO5/c1-3-5-7-9-11-13-15-17-26-31-35-39-43-47-51-55-61(66)67-56-52-48-44-40-36-32-28-25-23-21-19-20-22-24-27-30-34-38-42-46-50-54-60(65)62-58(57-63)59(64)53-49-45-41-37-33-29-18-16-14-12-10-8-6-4-2/h49,53,58-59,63-64H,3-48,50-52,54-57H2,1-2H3,(H,62,65)/b53-49+. The van der Waals surface area contributed by atoms with Gasteiger partial charge in [0.05, 0.1) is 25.4 Å². The van der Waals surface area contributed by atoms with Crippen molar-refractivity contribution >= 4 is 11.9 Å². The molecule has 6 nitrogen and oxygen atoms in total. The summed E-state index contributed by atoms with van der Waals surface area (Å²) in [4.78, 5) is 24.5. The van der Waals surface area contributed by atoms with Gasteiger partial charge in [0.2, 0.25) is 5.91 Å². The van der Waals surface area contributed by atoms with E-state index in [1.165, 1.54) is 276 Å². The Hall–Kier alpha value is -1.40. The van der Waals surface area contributed by atoms with Crippen LogP contribution in [-0.2, 0) is 14.3 Å². The van der Waals surface area contributed by atoms with E-state index < -0.39 is 12.1 Å². The third-order valence-electron chi connectivity index (χ3n) is 14.3. The lowest BCUT2D eigenvalue weighted by molar-refractivity contribution is -0.143. The van der Waals surface area contributed by atoms with Crippen LogP contribution in [0.15, 0.2) is 12.2 Å². The Balaban J connectivity index is 3.38. The summed E-state index contributed by atoms with van der Waals surface area (Å²) >= 11 is 0. The second-order valence-electron chi connectivity index (χ2n) is 21.0. The molecule has 0 aromatic carbocycles. The van der Waals surface area contributed by atoms with Gasteiger partial charge in [0, 0.05) is 12.8 Å². The fourth-order valence-corrected chi connectivity index (χ4v) is 9.64. The van der Waals surface area contributed by atoms with Crippen molar-refractivity contribution in [3.05, 3.63) is 12.2 Å². The Morgan fingerprint density at radius 1 is 0.403 bits per heavy atom. The number of unbranched alkanes of at least 4 members (excludes halogenated alkanes) is 46. The van der Waals surface area contributed by atoms with E-state index in [2.05, 4.69) is 19.2 Å². The van der Waals surface area contributed by atoms with Crippen LogP contribution in [-0.4, -0.2) is 47.4 Å². The molecule has 0 aromatic rings. The highest BCUT2D eigenvalue weighted by atomic mass is 16.5. The first-order valence-corrected chi connectivity index (χ1v) is 30.5. The van der Waals surface area contributed by atoms with Crippen LogP contribution in [0.3, 0.4) is 0 Å². The number of nitrogens with one attached hydrogen (secondary N) is 1. The molecule has 0 aliphatic carbocycles. The Morgan fingerprint density at radius 3 is 1.01 bits per heavy atom. The van der Waals surface area contributed by atoms with Gasteiger partial charge >= 0.3 is 5.97 Å². The van der Waals surface area contributed by atoms with Crippen LogP contribution in [0.4, 0.5) is 0 Å². The normalized spacial score (nSPS) is 12.6. The van der Waals surface area contributed by atoms with E-state index in [0.717, 1.165) is 38.5 Å². The average Bonchev–Trinajstić information content (AvgIpc) is 3.33. The Morgan fingerprint density at radius 2 is 0.687 bits per heavy atom. The molecule has 3 N–H and O–H groups in total. The van der Waals surface area contributed by atoms with Crippen molar-refractivity contribution in [1.82, 2.24) is 5.32 Å². The average molecular weight is 947 g/mol. The van der Waals surface area contributed by atoms with Crippen LogP contribution < -0.4 is 5.32 Å². The smallest absolute Gasteiger partial charge is 0.305 e. The van der Waals surface area contributed by atoms with Gasteiger partial charge in [-0.2, -0.15) is 0 Å². The highest BCUT2D eigenvalue weighted by Crippen LogP contribution is 2.18. The molecule has 0 aliphatic rings. The number of rotatable bonds is 57. The molecule has 6 heteroatoms. The van der Waals surface area contributed by atoms with Crippen molar-refractivity contribution in [2.75, 3.05) is 13.2 Å². The SMILES string of the molecule is CCCCCCCCCCCCCC/C=C/C(O)C(CO)NC(=O)CCCCCCCCCCCCCCCCCCCCCCCOC(=O)CCCCCCCCCCCCCCCCC. The van der Waals surface area contributed by atoms with Crippen LogP contribution in [0.5, 0.6) is 0 Å². The third kappa shape index (κ3) is 53.8. The quantitative estimate of drug-likeness (QED) is 0.0321. The molecule has 0 fully saturated rings. The lowest BCUT2D eigenvalue weighted by atomic mass is 10.0. The van der Waals surface area contributed by atoms with Gasteiger partial charge in [0.25, 0.3) is 0 Å². The number of aliphatic hydroxyl groups excluding tert-OH is 2. The van der Waals surface area contributed by atoms with E-state index in [4.69, 9.17) is 4.74 Å². The third-order valence-corrected chi connectivity index (χ3v) is 14.3. The Kier molecular flexibility index (Phi) is 56.0. The largest absolute Gasteiger partial charge is 0.466 e. The predicted octanol–water partition coefficient (Wildman–Crippen LogP) is 18.9. The van der Waals surface area contributed by atoms with Gasteiger partial charge in [-0.3, -0.25) is 9.59 Å². The van der Waals surface area contributed by atoms with Crippen LogP contribution in [0.1, 0.15) is 341 Å². The van der Waals surface area contributed by atoms with Crippen molar-refractivity contribution in [2.45, 2.75) is 353 Å². The molecule has 0 heterocycles. The predicted molar refractivity (Wildman–Crippen MR) is 292 cm³/mol. The fourth-order valence-electron chi connectivity index (χ4n) is 9.64. The van der Waals surface area contributed by atoms with Gasteiger partial charge in [-0.25, -0.2) is 0 Å². The van der Waals surface area contributed by atoms with E-state index in [1.54, 1.807) is 6.08 Å². The maximum absolute atomic E-state index is 12.5. The lowest BCUT2D eigenvalue weighted by Crippen LogP contribution is -2.45. The Bertz CT molecular complexity index is 1000. The molecule has 0 aromatic heterocycles. The molecular weight excluding hydrogens is 827 g/mol. The number of esters is 1. The van der Waals surface area contributed by atoms with Gasteiger partial charge in [-0.05, 0) is 32.1 Å². The van der Waals surface area contributed by atoms with Crippen LogP contribution >= 0.6 is 0 Å². The first-order valence-electron chi connectivity index (χ1n) is 30.5. The summed E-state index contributed by atoms with van der Waals surface area (Å²) in [6.45, 7) is 4.92. The number of amides is 1. The number of aliphatic hydroxyl groups is 2. The molecule has 2 unspecified atom stereocenters. The molecule has 2 atom stereocenters. The van der Waals surface area contributed by atoms with E-state index in [1.807, 2.05) is 6.08 Å². The first kappa shape index (κ1) is 65.6. The number of carbonyl (C=O) groups is 2. The Labute approximate surface area is 419 Å². The van der Waals surface area contributed by atoms with Gasteiger partial charge in [0.1, 0.15) is 0 Å². The molecule has 0 saturated carbocycles. The highest BCUT2D eigenvalue weighted by Gasteiger charge is 2.18. The second kappa shape index (κ2) is 57.2. The van der Waals surface area contributed by atoms with Gasteiger partial charge in [-0.1, -0.05) is 309 Å². The van der Waals surface area contributed by atoms with Gasteiger partial charge < -0.3 is 20.3 Å². The minimum Gasteiger partial charge on any atom is -0.466 e.